The fourth-order valence-electron chi connectivity index (χ4n) is 2.32. The van der Waals surface area contributed by atoms with Gasteiger partial charge >= 0.3 is 0 Å². The van der Waals surface area contributed by atoms with Gasteiger partial charge in [-0.15, -0.1) is 0 Å². The van der Waals surface area contributed by atoms with Crippen molar-refractivity contribution in [3.05, 3.63) is 69.4 Å². The van der Waals surface area contributed by atoms with Gasteiger partial charge in [0.25, 0.3) is 0 Å². The number of rotatable bonds is 4. The van der Waals surface area contributed by atoms with Gasteiger partial charge in [0.15, 0.2) is 0 Å². The smallest absolute Gasteiger partial charge is 0.131 e. The van der Waals surface area contributed by atoms with Gasteiger partial charge in [0.2, 0.25) is 0 Å². The molecule has 2 aromatic carbocycles. The molecule has 0 heterocycles. The van der Waals surface area contributed by atoms with E-state index in [1.165, 1.54) is 0 Å². The van der Waals surface area contributed by atoms with Crippen LogP contribution in [0, 0.1) is 12.7 Å². The molecule has 0 bridgehead atoms. The molecule has 2 rings (SSSR count). The number of nitrogens with two attached hydrogens (primary N) is 1. The summed E-state index contributed by atoms with van der Waals surface area (Å²) in [6, 6.07) is 12.6. The monoisotopic (exact) mass is 337 g/mol. The molecule has 0 spiro atoms. The van der Waals surface area contributed by atoms with Crippen LogP contribution in [0.3, 0.4) is 0 Å². The Morgan fingerprint density at radius 1 is 1.15 bits per heavy atom. The maximum absolute atomic E-state index is 14.2. The van der Waals surface area contributed by atoms with Gasteiger partial charge < -0.3 is 10.8 Å². The molecule has 0 aliphatic carbocycles. The second-order valence-corrected chi connectivity index (χ2v) is 5.64. The van der Waals surface area contributed by atoms with E-state index in [0.29, 0.717) is 5.56 Å². The molecule has 0 saturated heterocycles. The van der Waals surface area contributed by atoms with Crippen molar-refractivity contribution >= 4 is 15.9 Å². The largest absolute Gasteiger partial charge is 0.388 e. The zero-order valence-corrected chi connectivity index (χ0v) is 12.8. The quantitative estimate of drug-likeness (QED) is 0.893. The molecule has 2 aromatic rings. The van der Waals surface area contributed by atoms with Crippen LogP contribution in [0.2, 0.25) is 0 Å². The molecule has 20 heavy (non-hydrogen) atoms. The Kier molecular flexibility index (Phi) is 4.91. The lowest BCUT2D eigenvalue weighted by atomic mass is 9.88. The zero-order valence-electron chi connectivity index (χ0n) is 11.2. The summed E-state index contributed by atoms with van der Waals surface area (Å²) in [5.74, 6) is -0.729. The molecule has 2 nitrogen and oxygen atoms in total. The van der Waals surface area contributed by atoms with Gasteiger partial charge in [-0.05, 0) is 24.1 Å². The Hall–Kier alpha value is -1.23. The first kappa shape index (κ1) is 15.2. The maximum atomic E-state index is 14.2. The summed E-state index contributed by atoms with van der Waals surface area (Å²) in [6.07, 6.45) is -0.974. The highest BCUT2D eigenvalue weighted by atomic mass is 79.9. The Bertz CT molecular complexity index is 603. The lowest BCUT2D eigenvalue weighted by Gasteiger charge is -2.24. The first-order valence-electron chi connectivity index (χ1n) is 6.43. The summed E-state index contributed by atoms with van der Waals surface area (Å²) < 4.78 is 15.0. The second-order valence-electron chi connectivity index (χ2n) is 4.79. The van der Waals surface area contributed by atoms with Crippen LogP contribution >= 0.6 is 15.9 Å². The summed E-state index contributed by atoms with van der Waals surface area (Å²) in [4.78, 5) is 0. The lowest BCUT2D eigenvalue weighted by molar-refractivity contribution is 0.142. The Morgan fingerprint density at radius 3 is 2.45 bits per heavy atom. The molecule has 4 heteroatoms. The first-order valence-corrected chi connectivity index (χ1v) is 7.23. The highest BCUT2D eigenvalue weighted by molar-refractivity contribution is 9.10. The normalized spacial score (nSPS) is 14.1. The van der Waals surface area contributed by atoms with Crippen molar-refractivity contribution in [3.63, 3.8) is 0 Å². The molecule has 0 amide bonds. The van der Waals surface area contributed by atoms with Gasteiger partial charge in [0.1, 0.15) is 5.82 Å². The average molecular weight is 338 g/mol. The minimum atomic E-state index is -0.974. The van der Waals surface area contributed by atoms with Crippen LogP contribution < -0.4 is 5.73 Å². The fraction of sp³-hybridized carbons (Fsp3) is 0.250. The Labute approximate surface area is 126 Å². The van der Waals surface area contributed by atoms with Crippen molar-refractivity contribution in [2.45, 2.75) is 18.9 Å². The summed E-state index contributed by atoms with van der Waals surface area (Å²) in [5.41, 5.74) is 7.48. The van der Waals surface area contributed by atoms with Gasteiger partial charge in [-0.3, -0.25) is 0 Å². The van der Waals surface area contributed by atoms with Crippen LogP contribution in [-0.4, -0.2) is 11.7 Å². The number of benzene rings is 2. The van der Waals surface area contributed by atoms with E-state index in [1.54, 1.807) is 25.1 Å². The maximum Gasteiger partial charge on any atom is 0.131 e. The van der Waals surface area contributed by atoms with Crippen LogP contribution in [0.1, 0.15) is 28.7 Å². The predicted molar refractivity (Wildman–Crippen MR) is 82.0 cm³/mol. The molecular weight excluding hydrogens is 321 g/mol. The molecular formula is C16H17BrFNO. The number of hydrogen-bond acceptors (Lipinski definition) is 2. The van der Waals surface area contributed by atoms with Crippen LogP contribution in [0.25, 0.3) is 0 Å². The van der Waals surface area contributed by atoms with Crippen molar-refractivity contribution in [2.24, 2.45) is 5.73 Å². The number of hydrogen-bond donors (Lipinski definition) is 2. The van der Waals surface area contributed by atoms with Crippen LogP contribution in [0.4, 0.5) is 4.39 Å². The third kappa shape index (κ3) is 2.92. The van der Waals surface area contributed by atoms with E-state index in [4.69, 9.17) is 5.73 Å². The summed E-state index contributed by atoms with van der Waals surface area (Å²) in [5, 5.41) is 10.5. The minimum Gasteiger partial charge on any atom is -0.388 e. The van der Waals surface area contributed by atoms with Gasteiger partial charge in [-0.25, -0.2) is 4.39 Å². The number of aliphatic hydroxyl groups is 1. The topological polar surface area (TPSA) is 46.2 Å². The Morgan fingerprint density at radius 2 is 1.80 bits per heavy atom. The van der Waals surface area contributed by atoms with E-state index in [0.717, 1.165) is 10.0 Å². The summed E-state index contributed by atoms with van der Waals surface area (Å²) >= 11 is 3.45. The molecule has 106 valence electrons. The third-order valence-electron chi connectivity index (χ3n) is 3.48. The van der Waals surface area contributed by atoms with Crippen LogP contribution in [-0.2, 0) is 0 Å². The van der Waals surface area contributed by atoms with Crippen molar-refractivity contribution in [2.75, 3.05) is 6.54 Å². The summed E-state index contributed by atoms with van der Waals surface area (Å²) in [7, 11) is 0. The lowest BCUT2D eigenvalue weighted by Crippen LogP contribution is -2.21. The third-order valence-corrected chi connectivity index (χ3v) is 4.20. The van der Waals surface area contributed by atoms with E-state index in [9.17, 15) is 9.50 Å². The second kappa shape index (κ2) is 6.48. The molecule has 3 N–H and O–H groups in total. The van der Waals surface area contributed by atoms with E-state index in [1.807, 2.05) is 24.3 Å². The van der Waals surface area contributed by atoms with Gasteiger partial charge in [-0.2, -0.15) is 0 Å². The van der Waals surface area contributed by atoms with Gasteiger partial charge in [0, 0.05) is 22.5 Å². The van der Waals surface area contributed by atoms with Crippen LogP contribution in [0.15, 0.2) is 46.9 Å². The number of halogens is 2. The van der Waals surface area contributed by atoms with E-state index >= 15 is 0 Å². The van der Waals surface area contributed by atoms with Crippen molar-refractivity contribution in [3.8, 4) is 0 Å². The van der Waals surface area contributed by atoms with Crippen molar-refractivity contribution < 1.29 is 9.50 Å². The number of aliphatic hydroxyl groups excluding tert-OH is 1. The van der Waals surface area contributed by atoms with E-state index in [-0.39, 0.29) is 23.8 Å². The SMILES string of the molecule is Cc1cccc(C(O)C(CN)c2ccccc2Br)c1F. The predicted octanol–water partition coefficient (Wildman–Crippen LogP) is 3.67. The average Bonchev–Trinajstić information content (AvgIpc) is 2.44. The van der Waals surface area contributed by atoms with Gasteiger partial charge in [-0.1, -0.05) is 52.3 Å². The molecule has 0 aliphatic rings. The van der Waals surface area contributed by atoms with Crippen molar-refractivity contribution in [1.82, 2.24) is 0 Å². The standard InChI is InChI=1S/C16H17BrFNO/c1-10-5-4-7-12(15(10)18)16(20)13(9-19)11-6-2-3-8-14(11)17/h2-8,13,16,20H,9,19H2,1H3. The molecule has 2 atom stereocenters. The molecule has 0 aliphatic heterocycles. The molecule has 0 saturated carbocycles. The number of aryl methyl sites for hydroxylation is 1. The molecule has 2 unspecified atom stereocenters. The van der Waals surface area contributed by atoms with Gasteiger partial charge in [0.05, 0.1) is 6.10 Å². The molecule has 0 fully saturated rings. The van der Waals surface area contributed by atoms with E-state index < -0.39 is 6.10 Å². The highest BCUT2D eigenvalue weighted by Crippen LogP contribution is 2.35. The Balaban J connectivity index is 2.42. The van der Waals surface area contributed by atoms with E-state index in [2.05, 4.69) is 15.9 Å². The van der Waals surface area contributed by atoms with Crippen LogP contribution in [0.5, 0.6) is 0 Å². The molecule has 0 aromatic heterocycles. The summed E-state index contributed by atoms with van der Waals surface area (Å²) in [6.45, 7) is 1.92. The van der Waals surface area contributed by atoms with Crippen molar-refractivity contribution in [1.29, 1.82) is 0 Å². The molecule has 0 radical (unpaired) electrons. The first-order chi connectivity index (χ1) is 9.56. The fourth-order valence-corrected chi connectivity index (χ4v) is 2.90. The zero-order chi connectivity index (χ0) is 14.7. The highest BCUT2D eigenvalue weighted by Gasteiger charge is 2.25. The minimum absolute atomic E-state index is 0.233.